The third kappa shape index (κ3) is 12.2. The van der Waals surface area contributed by atoms with E-state index in [0.29, 0.717) is 67.5 Å². The lowest BCUT2D eigenvalue weighted by Crippen LogP contribution is -2.40. The van der Waals surface area contributed by atoms with Gasteiger partial charge >= 0.3 is 6.09 Å². The summed E-state index contributed by atoms with van der Waals surface area (Å²) in [5.41, 5.74) is 6.86. The lowest BCUT2D eigenvalue weighted by Gasteiger charge is -2.31. The van der Waals surface area contributed by atoms with Gasteiger partial charge in [-0.3, -0.25) is 19.7 Å². The molecule has 1 aliphatic rings. The predicted octanol–water partition coefficient (Wildman–Crippen LogP) is 6.69. The highest BCUT2D eigenvalue weighted by Crippen LogP contribution is 2.30. The van der Waals surface area contributed by atoms with Crippen molar-refractivity contribution in [1.82, 2.24) is 20.5 Å². The number of carbonyl (C=O) groups excluding carboxylic acids is 3. The molecule has 1 saturated heterocycles. The molecular formula is C50H54N6O7. The van der Waals surface area contributed by atoms with E-state index < -0.39 is 12.2 Å². The Balaban J connectivity index is 0.779. The van der Waals surface area contributed by atoms with Crippen molar-refractivity contribution in [2.75, 3.05) is 50.0 Å². The normalized spacial score (nSPS) is 13.6. The van der Waals surface area contributed by atoms with Gasteiger partial charge in [-0.25, -0.2) is 4.79 Å². The number of aromatic nitrogens is 1. The number of carbonyl (C=O) groups is 3. The van der Waals surface area contributed by atoms with Crippen molar-refractivity contribution in [1.29, 1.82) is 0 Å². The molecule has 3 amide bonds. The number of aromatic hydroxyl groups is 1. The first-order chi connectivity index (χ1) is 30.6. The zero-order chi connectivity index (χ0) is 44.1. The van der Waals surface area contributed by atoms with Crippen LogP contribution < -0.4 is 26.4 Å². The number of phenolic OH excluding ortho intramolecular Hbond substituents is 1. The lowest BCUT2D eigenvalue weighted by molar-refractivity contribution is -0.120. The van der Waals surface area contributed by atoms with Crippen LogP contribution in [0.25, 0.3) is 22.0 Å². The summed E-state index contributed by atoms with van der Waals surface area (Å²) in [5, 5.41) is 30.7. The maximum atomic E-state index is 13.1. The molecule has 6 aromatic rings. The molecule has 0 radical (unpaired) electrons. The van der Waals surface area contributed by atoms with E-state index in [-0.39, 0.29) is 42.2 Å². The van der Waals surface area contributed by atoms with Gasteiger partial charge in [-0.1, -0.05) is 91.0 Å². The van der Waals surface area contributed by atoms with Crippen LogP contribution in [0.2, 0.25) is 0 Å². The number of piperidine rings is 1. The number of nitrogens with zero attached hydrogens (tertiary/aromatic N) is 2. The van der Waals surface area contributed by atoms with Crippen molar-refractivity contribution in [2.45, 2.75) is 50.9 Å². The van der Waals surface area contributed by atoms with Crippen LogP contribution in [0, 0.1) is 0 Å². The van der Waals surface area contributed by atoms with E-state index in [0.717, 1.165) is 46.6 Å². The molecule has 0 saturated carbocycles. The second-order valence-corrected chi connectivity index (χ2v) is 15.9. The molecule has 1 atom stereocenters. The van der Waals surface area contributed by atoms with Gasteiger partial charge in [0.1, 0.15) is 11.9 Å². The molecule has 6 N–H and O–H groups in total. The van der Waals surface area contributed by atoms with Crippen LogP contribution in [0.1, 0.15) is 47.6 Å². The van der Waals surface area contributed by atoms with Gasteiger partial charge in [-0.15, -0.1) is 0 Å². The zero-order valence-corrected chi connectivity index (χ0v) is 35.4. The number of H-pyrrole nitrogens is 1. The molecule has 1 aliphatic heterocycles. The van der Waals surface area contributed by atoms with Crippen molar-refractivity contribution >= 4 is 40.2 Å². The van der Waals surface area contributed by atoms with E-state index in [1.165, 1.54) is 12.1 Å². The van der Waals surface area contributed by atoms with Gasteiger partial charge in [-0.2, -0.15) is 0 Å². The number of anilines is 2. The highest BCUT2D eigenvalue weighted by Gasteiger charge is 2.24. The number of rotatable bonds is 17. The number of ether oxygens (including phenoxy) is 1. The van der Waals surface area contributed by atoms with Crippen LogP contribution in [0.3, 0.4) is 0 Å². The zero-order valence-electron chi connectivity index (χ0n) is 35.4. The van der Waals surface area contributed by atoms with Crippen molar-refractivity contribution in [3.63, 3.8) is 0 Å². The number of para-hydroxylation sites is 1. The third-order valence-electron chi connectivity index (χ3n) is 11.4. The fourth-order valence-corrected chi connectivity index (χ4v) is 7.88. The highest BCUT2D eigenvalue weighted by molar-refractivity contribution is 5.93. The first kappa shape index (κ1) is 44.3. The first-order valence-corrected chi connectivity index (χ1v) is 21.4. The van der Waals surface area contributed by atoms with Crippen molar-refractivity contribution < 1.29 is 29.3 Å². The minimum atomic E-state index is -0.846. The number of nitrogens with one attached hydrogen (secondary N) is 4. The van der Waals surface area contributed by atoms with Crippen LogP contribution in [0.15, 0.2) is 132 Å². The summed E-state index contributed by atoms with van der Waals surface area (Å²) in [4.78, 5) is 57.1. The van der Waals surface area contributed by atoms with Gasteiger partial charge in [0.15, 0.2) is 0 Å². The number of hydrogen-bond donors (Lipinski definition) is 6. The van der Waals surface area contributed by atoms with Gasteiger partial charge in [0.05, 0.1) is 23.7 Å². The SMILES string of the molecule is CN(C(=O)CCN1CCC(OC(=O)Nc2ccccc2-c2ccccc2)CC1)c1ccc(CNC(=O)Cc2cccc(CCNC[C@H](O)c3ccc(O)c4[nH]c(=O)ccc34)c2)cc1. The Morgan fingerprint density at radius 2 is 1.60 bits per heavy atom. The van der Waals surface area contributed by atoms with E-state index in [1.54, 1.807) is 24.1 Å². The van der Waals surface area contributed by atoms with Crippen molar-refractivity contribution in [3.8, 4) is 16.9 Å². The summed E-state index contributed by atoms with van der Waals surface area (Å²) in [7, 11) is 1.77. The minimum absolute atomic E-state index is 0.00358. The van der Waals surface area contributed by atoms with Gasteiger partial charge in [0.25, 0.3) is 0 Å². The molecule has 326 valence electrons. The number of phenols is 1. The Kier molecular flexibility index (Phi) is 15.0. The topological polar surface area (TPSA) is 176 Å². The van der Waals surface area contributed by atoms with E-state index >= 15 is 0 Å². The average molecular weight is 851 g/mol. The Bertz CT molecular complexity index is 2560. The number of likely N-dealkylation sites (tertiary alicyclic amines) is 1. The number of amides is 3. The van der Waals surface area contributed by atoms with Gasteiger partial charge in [0.2, 0.25) is 17.4 Å². The number of fused-ring (bicyclic) bond motifs is 1. The maximum absolute atomic E-state index is 13.1. The summed E-state index contributed by atoms with van der Waals surface area (Å²) in [5.74, 6) is -0.150. The second-order valence-electron chi connectivity index (χ2n) is 15.9. The molecule has 0 unspecified atom stereocenters. The number of aliphatic hydroxyl groups is 1. The summed E-state index contributed by atoms with van der Waals surface area (Å²) in [6.45, 7) is 3.32. The molecule has 13 nitrogen and oxygen atoms in total. The molecule has 13 heteroatoms. The first-order valence-electron chi connectivity index (χ1n) is 21.4. The van der Waals surface area contributed by atoms with Gasteiger partial charge in [-0.05, 0) is 84.0 Å². The van der Waals surface area contributed by atoms with Gasteiger partial charge < -0.3 is 40.4 Å². The third-order valence-corrected chi connectivity index (χ3v) is 11.4. The van der Waals surface area contributed by atoms with Crippen LogP contribution in [0.5, 0.6) is 5.75 Å². The second kappa shape index (κ2) is 21.3. The van der Waals surface area contributed by atoms with Crippen LogP contribution in [-0.4, -0.2) is 83.9 Å². The number of benzene rings is 5. The van der Waals surface area contributed by atoms with E-state index in [2.05, 4.69) is 25.8 Å². The smallest absolute Gasteiger partial charge is 0.411 e. The summed E-state index contributed by atoms with van der Waals surface area (Å²) < 4.78 is 5.78. The van der Waals surface area contributed by atoms with E-state index in [1.807, 2.05) is 103 Å². The molecule has 0 bridgehead atoms. The molecule has 1 aromatic heterocycles. The Morgan fingerprint density at radius 1 is 0.857 bits per heavy atom. The Labute approximate surface area is 366 Å². The van der Waals surface area contributed by atoms with Crippen LogP contribution in [0.4, 0.5) is 16.2 Å². The molecular weight excluding hydrogens is 797 g/mol. The summed E-state index contributed by atoms with van der Waals surface area (Å²) >= 11 is 0. The van der Waals surface area contributed by atoms with E-state index in [4.69, 9.17) is 4.74 Å². The number of hydrogen-bond acceptors (Lipinski definition) is 9. The van der Waals surface area contributed by atoms with Crippen molar-refractivity contribution in [3.05, 3.63) is 160 Å². The standard InChI is InChI=1S/C50H54N6O7/c1-55(48(61)25-29-56-27-23-39(24-28-56)63-50(62)53-43-13-6-5-12-40(43)37-10-3-2-4-11-37)38-16-14-35(15-17-38)32-52-47(60)31-36-9-7-8-34(30-36)22-26-51-33-45(58)41-18-20-44(57)49-42(41)19-21-46(59)54-49/h2-21,30,39,45,51,57-58H,22-29,31-33H2,1H3,(H,52,60)(H,53,62)(H,54,59)/t45-/m0/s1. The van der Waals surface area contributed by atoms with Crippen LogP contribution >= 0.6 is 0 Å². The molecule has 63 heavy (non-hydrogen) atoms. The Morgan fingerprint density at radius 3 is 2.40 bits per heavy atom. The molecule has 5 aromatic carbocycles. The fraction of sp³-hybridized carbons (Fsp3) is 0.280. The number of aliphatic hydroxyl groups excluding tert-OH is 1. The summed E-state index contributed by atoms with van der Waals surface area (Å²) in [6, 6.07) is 39.1. The highest BCUT2D eigenvalue weighted by atomic mass is 16.6. The maximum Gasteiger partial charge on any atom is 0.411 e. The van der Waals surface area contributed by atoms with Gasteiger partial charge in [0, 0.05) is 68.9 Å². The monoisotopic (exact) mass is 850 g/mol. The van der Waals surface area contributed by atoms with Crippen LogP contribution in [-0.2, 0) is 33.7 Å². The molecule has 1 fully saturated rings. The predicted molar refractivity (Wildman–Crippen MR) is 246 cm³/mol. The van der Waals surface area contributed by atoms with E-state index in [9.17, 15) is 29.4 Å². The largest absolute Gasteiger partial charge is 0.506 e. The molecule has 0 spiro atoms. The minimum Gasteiger partial charge on any atom is -0.506 e. The fourth-order valence-electron chi connectivity index (χ4n) is 7.88. The molecule has 7 rings (SSSR count). The number of aromatic amines is 1. The van der Waals surface area contributed by atoms with Crippen molar-refractivity contribution in [2.24, 2.45) is 0 Å². The summed E-state index contributed by atoms with van der Waals surface area (Å²) in [6.07, 6.45) is 1.17. The Hall–Kier alpha value is -6.80. The molecule has 2 heterocycles. The number of pyridine rings is 1. The molecule has 0 aliphatic carbocycles. The lowest BCUT2D eigenvalue weighted by atomic mass is 10.0. The average Bonchev–Trinajstić information content (AvgIpc) is 3.30. The quantitative estimate of drug-likeness (QED) is 0.0546.